The van der Waals surface area contributed by atoms with Crippen LogP contribution in [0.15, 0.2) is 25.3 Å². The first-order valence-electron chi connectivity index (χ1n) is 21.6. The molecule has 0 aromatic rings. The van der Waals surface area contributed by atoms with Crippen molar-refractivity contribution in [3.8, 4) is 0 Å². The Hall–Kier alpha value is -1.53. The molecule has 2 N–H and O–H groups in total. The zero-order valence-electron chi connectivity index (χ0n) is 39.2. The molecule has 0 aliphatic carbocycles. The first kappa shape index (κ1) is 66.5. The summed E-state index contributed by atoms with van der Waals surface area (Å²) in [6.45, 7) is 22.8. The number of aliphatic hydroxyl groups excluding tert-OH is 2. The molecule has 0 aromatic heterocycles. The van der Waals surface area contributed by atoms with E-state index in [-0.39, 0.29) is 63.2 Å². The van der Waals surface area contributed by atoms with E-state index in [1.54, 1.807) is 19.1 Å². The van der Waals surface area contributed by atoms with Crippen LogP contribution in [-0.2, 0) is 81.4 Å². The van der Waals surface area contributed by atoms with Gasteiger partial charge in [-0.1, -0.05) is 12.2 Å². The molecule has 390 valence electrons. The number of sulfone groups is 2. The number of ether oxygens (including phenoxy) is 11. The van der Waals surface area contributed by atoms with Crippen molar-refractivity contribution >= 4 is 52.8 Å². The van der Waals surface area contributed by atoms with Gasteiger partial charge < -0.3 is 62.3 Å². The van der Waals surface area contributed by atoms with Crippen LogP contribution in [-0.4, -0.2) is 208 Å². The second-order valence-electron chi connectivity index (χ2n) is 14.2. The van der Waals surface area contributed by atoms with Crippen molar-refractivity contribution in [3.63, 3.8) is 0 Å². The summed E-state index contributed by atoms with van der Waals surface area (Å²) < 4.78 is 133. The van der Waals surface area contributed by atoms with Crippen LogP contribution >= 0.6 is 0 Å². The number of hydrogen-bond acceptors (Lipinski definition) is 19. The molecule has 0 aromatic carbocycles. The molecule has 3 fully saturated rings. The first-order valence-corrected chi connectivity index (χ1v) is 29.3. The number of hydrogen-bond donors (Lipinski definition) is 2. The van der Waals surface area contributed by atoms with Crippen molar-refractivity contribution in [1.29, 1.82) is 0 Å². The zero-order valence-corrected chi connectivity index (χ0v) is 43.7. The molecule has 7 atom stereocenters. The standard InChI is InChI=1S/C19H34O8.C9H14O3.C7H14O3.C2H2F3O2S.C2H5O2S.C2H6O.Sn/c1-4-6-7-19(21)24-9-8-16(20)10-26-17(11-22-12-18-14-27-18)13-25-15(3)23-5-2;1-2-3-4-9(10)11-6-5-8-7-12-8;1-3-8-6(2)9-4-7-5-10-7;1-8(6,7)2(3,4)5;1-5(2,3)4;1-2-3;/h4,15-18,20H,1,5-14H2,2-3H3;2,8H,1,3-7H2;6-7H,3-5H2,1-2H3;1H2;1H2,2H3;3H,2H2,1H3;. The predicted molar refractivity (Wildman–Crippen MR) is 238 cm³/mol. The predicted octanol–water partition coefficient (Wildman–Crippen LogP) is 3.10. The summed E-state index contributed by atoms with van der Waals surface area (Å²) in [4.78, 5) is 22.3. The monoisotopic (exact) mass is 1110 g/mol. The molecular weight excluding hydrogens is 1040 g/mol. The Kier molecular flexibility index (Phi) is 40.6. The van der Waals surface area contributed by atoms with E-state index in [0.717, 1.165) is 32.5 Å². The Bertz CT molecular complexity index is 1470. The van der Waals surface area contributed by atoms with Gasteiger partial charge in [-0.15, -0.1) is 13.2 Å². The van der Waals surface area contributed by atoms with Crippen LogP contribution in [0.3, 0.4) is 0 Å². The molecule has 0 saturated carbocycles. The molecule has 2 radical (unpaired) electrons. The van der Waals surface area contributed by atoms with E-state index in [0.29, 0.717) is 84.0 Å². The summed E-state index contributed by atoms with van der Waals surface area (Å²) in [5.74, 6) is -0.439. The maximum atomic E-state index is 11.7. The van der Waals surface area contributed by atoms with Crippen LogP contribution in [0.25, 0.3) is 0 Å². The summed E-state index contributed by atoms with van der Waals surface area (Å²) in [6, 6.07) is 0. The molecule has 66 heavy (non-hydrogen) atoms. The molecule has 0 bridgehead atoms. The van der Waals surface area contributed by atoms with E-state index in [2.05, 4.69) is 13.2 Å². The van der Waals surface area contributed by atoms with Crippen LogP contribution in [0, 0.1) is 0 Å². The third-order valence-corrected chi connectivity index (χ3v) is 21.0. The minimum atomic E-state index is -5.26. The summed E-state index contributed by atoms with van der Waals surface area (Å²) in [6.07, 6.45) is 6.75. The second kappa shape index (κ2) is 40.2. The van der Waals surface area contributed by atoms with Gasteiger partial charge in [0.05, 0.1) is 78.3 Å². The molecule has 25 heteroatoms. The van der Waals surface area contributed by atoms with Gasteiger partial charge >= 0.3 is 102 Å². The van der Waals surface area contributed by atoms with Gasteiger partial charge in [-0.2, -0.15) is 0 Å². The Balaban J connectivity index is 0. The number of allylic oxidation sites excluding steroid dienone is 2. The number of carbonyl (C=O) groups excluding carboxylic acids is 2. The molecule has 3 aliphatic heterocycles. The third kappa shape index (κ3) is 46.2. The average molecular weight is 1110 g/mol. The topological polar surface area (TPSA) is 254 Å². The summed E-state index contributed by atoms with van der Waals surface area (Å²) >= 11 is -2.05. The number of carbonyl (C=O) groups is 2. The van der Waals surface area contributed by atoms with E-state index >= 15 is 0 Å². The van der Waals surface area contributed by atoms with Gasteiger partial charge in [0.25, 0.3) is 0 Å². The average Bonchev–Trinajstić information content (AvgIpc) is 4.07. The molecule has 0 amide bonds. The van der Waals surface area contributed by atoms with Crippen molar-refractivity contribution in [1.82, 2.24) is 0 Å². The van der Waals surface area contributed by atoms with Gasteiger partial charge in [0.2, 0.25) is 0 Å². The number of esters is 2. The van der Waals surface area contributed by atoms with Crippen molar-refractivity contribution in [2.75, 3.05) is 99.7 Å². The van der Waals surface area contributed by atoms with Crippen LogP contribution in [0.5, 0.6) is 0 Å². The van der Waals surface area contributed by atoms with E-state index in [4.69, 9.17) is 57.2 Å². The van der Waals surface area contributed by atoms with E-state index < -0.39 is 60.0 Å². The number of rotatable bonds is 33. The summed E-state index contributed by atoms with van der Waals surface area (Å²) in [5.41, 5.74) is -5.26. The molecule has 3 saturated heterocycles. The fraction of sp³-hybridized carbons (Fsp3) is 0.854. The third-order valence-electron chi connectivity index (χ3n) is 7.71. The molecule has 3 heterocycles. The van der Waals surface area contributed by atoms with E-state index in [9.17, 15) is 44.7 Å². The van der Waals surface area contributed by atoms with Crippen molar-refractivity contribution in [3.05, 3.63) is 25.3 Å². The molecule has 3 aliphatic rings. The second-order valence-corrected chi connectivity index (χ2v) is 24.7. The Morgan fingerprint density at radius 1 is 0.758 bits per heavy atom. The van der Waals surface area contributed by atoms with Crippen LogP contribution in [0.4, 0.5) is 13.2 Å². The number of alkyl halides is 3. The summed E-state index contributed by atoms with van der Waals surface area (Å²) in [7, 11) is -8.46. The van der Waals surface area contributed by atoms with E-state index in [1.807, 2.05) is 27.7 Å². The van der Waals surface area contributed by atoms with Gasteiger partial charge in [0.1, 0.15) is 18.3 Å². The van der Waals surface area contributed by atoms with Crippen molar-refractivity contribution in [2.45, 2.75) is 122 Å². The maximum absolute atomic E-state index is 11.7. The Morgan fingerprint density at radius 2 is 1.24 bits per heavy atom. The number of aliphatic hydroxyl groups is 2. The molecule has 7 unspecified atom stereocenters. The molecular formula is C41H75F3O19S2Sn. The van der Waals surface area contributed by atoms with Gasteiger partial charge in [-0.05, 0) is 47.5 Å². The van der Waals surface area contributed by atoms with Crippen LogP contribution < -0.4 is 0 Å². The summed E-state index contributed by atoms with van der Waals surface area (Å²) in [5, 5.41) is 17.6. The van der Waals surface area contributed by atoms with Gasteiger partial charge in [-0.25, -0.2) is 0 Å². The fourth-order valence-electron chi connectivity index (χ4n) is 4.06. The molecule has 3 rings (SSSR count). The number of epoxide rings is 3. The molecule has 19 nitrogen and oxygen atoms in total. The van der Waals surface area contributed by atoms with Crippen molar-refractivity contribution < 1.29 is 102 Å². The Morgan fingerprint density at radius 3 is 1.70 bits per heavy atom. The van der Waals surface area contributed by atoms with Crippen LogP contribution in [0.1, 0.15) is 73.1 Å². The van der Waals surface area contributed by atoms with Gasteiger partial charge in [0.15, 0.2) is 12.6 Å². The first-order chi connectivity index (χ1) is 31.1. The van der Waals surface area contributed by atoms with Gasteiger partial charge in [0, 0.05) is 45.5 Å². The molecule has 0 spiro atoms. The van der Waals surface area contributed by atoms with Crippen LogP contribution in [0.2, 0.25) is 0 Å². The SMILES string of the molecule is C=CCCC(=O)OCCC(O)COC(COCC1CO1)COC(C)OCC.C=CCCC(=O)OCCC1CO1.CCO.CCOC(C)OCC1CO1.CS(=O)(=O)[CH2][Sn][CH2]S(=O)(=O)C(F)(F)F. The van der Waals surface area contributed by atoms with E-state index in [1.165, 1.54) is 0 Å². The number of halogens is 3. The zero-order chi connectivity index (χ0) is 50.4. The van der Waals surface area contributed by atoms with Crippen molar-refractivity contribution in [2.24, 2.45) is 0 Å². The quantitative estimate of drug-likeness (QED) is 0.0315. The van der Waals surface area contributed by atoms with Gasteiger partial charge in [-0.3, -0.25) is 9.59 Å². The normalized spacial score (nSPS) is 18.9. The Labute approximate surface area is 399 Å². The minimum absolute atomic E-state index is 0.0887. The fourth-order valence-corrected chi connectivity index (χ4v) is 14.2.